The summed E-state index contributed by atoms with van der Waals surface area (Å²) < 4.78 is 0. The van der Waals surface area contributed by atoms with Crippen LogP contribution in [0.2, 0.25) is 39.3 Å². The van der Waals surface area contributed by atoms with Gasteiger partial charge in [-0.25, -0.2) is 0 Å². The molecule has 0 aliphatic heterocycles. The maximum atomic E-state index is 4.31. The highest BCUT2D eigenvalue weighted by atomic mass is 31.1. The van der Waals surface area contributed by atoms with E-state index in [1.807, 2.05) is 0 Å². The number of hydrogen-bond acceptors (Lipinski definition) is 2. The van der Waals surface area contributed by atoms with Crippen LogP contribution in [-0.2, 0) is 0 Å². The molecular formula is C44H50N2P2Si2. The van der Waals surface area contributed by atoms with Crippen molar-refractivity contribution in [2.75, 3.05) is 10.2 Å². The van der Waals surface area contributed by atoms with E-state index < -0.39 is 32.3 Å². The van der Waals surface area contributed by atoms with Gasteiger partial charge in [0, 0.05) is 43.7 Å². The molecule has 0 heterocycles. The molecule has 0 spiro atoms. The van der Waals surface area contributed by atoms with Gasteiger partial charge in [-0.2, -0.15) is 0 Å². The third kappa shape index (κ3) is 7.90. The van der Waals surface area contributed by atoms with E-state index in [1.165, 1.54) is 65.2 Å². The third-order valence-corrected chi connectivity index (χ3v) is 17.4. The van der Waals surface area contributed by atoms with Crippen LogP contribution < -0.4 is 41.8 Å². The lowest BCUT2D eigenvalue weighted by Crippen LogP contribution is -2.41. The Morgan fingerprint density at radius 1 is 0.360 bits per heavy atom. The summed E-state index contributed by atoms with van der Waals surface area (Å²) in [4.78, 5) is 0. The van der Waals surface area contributed by atoms with E-state index in [0.29, 0.717) is 0 Å². The molecule has 0 aromatic heterocycles. The second kappa shape index (κ2) is 15.2. The summed E-state index contributed by atoms with van der Waals surface area (Å²) in [6.45, 7) is 19.5. The highest BCUT2D eigenvalue weighted by molar-refractivity contribution is 7.74. The zero-order chi connectivity index (χ0) is 35.5. The minimum absolute atomic E-state index is 0.883. The maximum absolute atomic E-state index is 4.31. The van der Waals surface area contributed by atoms with Crippen LogP contribution >= 0.6 is 16.1 Å². The number of anilines is 2. The van der Waals surface area contributed by atoms with Crippen molar-refractivity contribution in [2.24, 2.45) is 0 Å². The zero-order valence-corrected chi connectivity index (χ0v) is 34.5. The Hall–Kier alpha value is -3.79. The van der Waals surface area contributed by atoms with Crippen LogP contribution in [0.5, 0.6) is 0 Å². The van der Waals surface area contributed by atoms with Gasteiger partial charge >= 0.3 is 0 Å². The van der Waals surface area contributed by atoms with Crippen molar-refractivity contribution in [3.63, 3.8) is 0 Å². The number of aryl methyl sites for hydroxylation is 2. The topological polar surface area (TPSA) is 24.1 Å². The van der Waals surface area contributed by atoms with E-state index in [9.17, 15) is 0 Å². The summed E-state index contributed by atoms with van der Waals surface area (Å²) in [5.41, 5.74) is 7.86. The molecule has 6 aromatic rings. The Balaban J connectivity index is 1.65. The molecule has 254 valence electrons. The van der Waals surface area contributed by atoms with Gasteiger partial charge < -0.3 is 10.2 Å². The second-order valence-corrected chi connectivity index (χ2v) is 29.0. The molecule has 0 saturated heterocycles. The van der Waals surface area contributed by atoms with E-state index in [1.54, 1.807) is 0 Å². The van der Waals surface area contributed by atoms with E-state index in [0.717, 1.165) is 0 Å². The van der Waals surface area contributed by atoms with Gasteiger partial charge in [-0.1, -0.05) is 185 Å². The van der Waals surface area contributed by atoms with Crippen molar-refractivity contribution in [1.82, 2.24) is 0 Å². The smallest absolute Gasteiger partial charge is 0.0803 e. The molecule has 50 heavy (non-hydrogen) atoms. The van der Waals surface area contributed by atoms with Crippen molar-refractivity contribution < 1.29 is 0 Å². The molecule has 0 unspecified atom stereocenters. The van der Waals surface area contributed by atoms with Crippen molar-refractivity contribution in [3.05, 3.63) is 157 Å². The number of benzene rings is 6. The molecule has 6 aromatic carbocycles. The van der Waals surface area contributed by atoms with Crippen LogP contribution in [-0.4, -0.2) is 16.1 Å². The average Bonchev–Trinajstić information content (AvgIpc) is 3.10. The van der Waals surface area contributed by atoms with Crippen molar-refractivity contribution in [1.29, 1.82) is 0 Å². The first-order valence-corrected chi connectivity index (χ1v) is 27.2. The quantitative estimate of drug-likeness (QED) is 0.103. The standard InChI is InChI=1S/C44H50N2P2Si2/c1-33-29-31-39(49(3,4)5)43(45-47(35-21-13-9-14-22-35)36-23-15-10-16-24-36)41(33)42-34(2)30-32-40(50(6,7)8)44(42)46-48(37-25-17-11-18-26-37)38-27-19-12-20-28-38/h9-32,45-46H,1-8H3. The second-order valence-electron chi connectivity index (χ2n) is 15.1. The fourth-order valence-electron chi connectivity index (χ4n) is 6.63. The van der Waals surface area contributed by atoms with Gasteiger partial charge in [-0.15, -0.1) is 0 Å². The molecule has 0 amide bonds. The highest BCUT2D eigenvalue weighted by Crippen LogP contribution is 2.46. The van der Waals surface area contributed by atoms with Crippen LogP contribution in [0.3, 0.4) is 0 Å². The van der Waals surface area contributed by atoms with E-state index in [-0.39, 0.29) is 0 Å². The fourth-order valence-corrected chi connectivity index (χ4v) is 13.8. The molecule has 0 fully saturated rings. The summed E-state index contributed by atoms with van der Waals surface area (Å²) in [5, 5.41) is 16.9. The lowest BCUT2D eigenvalue weighted by molar-refractivity contribution is 1.41. The molecule has 6 heteroatoms. The van der Waals surface area contributed by atoms with Crippen LogP contribution in [0.15, 0.2) is 146 Å². The summed E-state index contributed by atoms with van der Waals surface area (Å²) >= 11 is 0. The number of hydrogen-bond donors (Lipinski definition) is 2. The molecular weight excluding hydrogens is 675 g/mol. The first kappa shape index (κ1) is 36.0. The molecule has 2 N–H and O–H groups in total. The molecule has 0 aliphatic rings. The van der Waals surface area contributed by atoms with E-state index in [2.05, 4.69) is 209 Å². The van der Waals surface area contributed by atoms with Gasteiger partial charge in [0.15, 0.2) is 0 Å². The SMILES string of the molecule is Cc1ccc([Si](C)(C)C)c(NP(c2ccccc2)c2ccccc2)c1-c1c(C)ccc([Si](C)(C)C)c1NP(c1ccccc1)c1ccccc1. The minimum atomic E-state index is -1.82. The Morgan fingerprint density at radius 2 is 0.620 bits per heavy atom. The monoisotopic (exact) mass is 724 g/mol. The van der Waals surface area contributed by atoms with Crippen LogP contribution in [0.4, 0.5) is 11.4 Å². The van der Waals surface area contributed by atoms with E-state index >= 15 is 0 Å². The van der Waals surface area contributed by atoms with Crippen LogP contribution in [0.25, 0.3) is 11.1 Å². The van der Waals surface area contributed by atoms with Crippen LogP contribution in [0.1, 0.15) is 11.1 Å². The van der Waals surface area contributed by atoms with Gasteiger partial charge in [0.05, 0.1) is 32.3 Å². The van der Waals surface area contributed by atoms with Gasteiger partial charge in [0.2, 0.25) is 0 Å². The number of nitrogens with one attached hydrogen (secondary N) is 2. The van der Waals surface area contributed by atoms with Crippen LogP contribution in [0, 0.1) is 13.8 Å². The van der Waals surface area contributed by atoms with Gasteiger partial charge in [0.1, 0.15) is 0 Å². The summed E-state index contributed by atoms with van der Waals surface area (Å²) in [6.07, 6.45) is 0. The molecule has 0 saturated carbocycles. The van der Waals surface area contributed by atoms with Gasteiger partial charge in [-0.05, 0) is 35.3 Å². The molecule has 2 nitrogen and oxygen atoms in total. The van der Waals surface area contributed by atoms with Crippen molar-refractivity contribution >= 4 is 75.3 Å². The Kier molecular flexibility index (Phi) is 11.0. The first-order chi connectivity index (χ1) is 23.9. The fraction of sp³-hybridized carbons (Fsp3) is 0.182. The molecule has 6 rings (SSSR count). The lowest BCUT2D eigenvalue weighted by Gasteiger charge is -2.33. The minimum Gasteiger partial charge on any atom is -0.357 e. The predicted octanol–water partition coefficient (Wildman–Crippen LogP) is 9.98. The molecule has 0 atom stereocenters. The molecule has 0 radical (unpaired) electrons. The van der Waals surface area contributed by atoms with Crippen molar-refractivity contribution in [3.8, 4) is 11.1 Å². The average molecular weight is 725 g/mol. The van der Waals surface area contributed by atoms with Gasteiger partial charge in [0.25, 0.3) is 0 Å². The Morgan fingerprint density at radius 3 is 0.860 bits per heavy atom. The third-order valence-electron chi connectivity index (χ3n) is 9.20. The summed E-state index contributed by atoms with van der Waals surface area (Å²) in [5.74, 6) is 0. The lowest BCUT2D eigenvalue weighted by atomic mass is 9.93. The summed E-state index contributed by atoms with van der Waals surface area (Å²) in [6, 6.07) is 53.7. The zero-order valence-electron chi connectivity index (χ0n) is 30.8. The molecule has 0 bridgehead atoms. The summed E-state index contributed by atoms with van der Waals surface area (Å²) in [7, 11) is -5.40. The molecule has 0 aliphatic carbocycles. The first-order valence-electron chi connectivity index (χ1n) is 17.6. The maximum Gasteiger partial charge on any atom is 0.0803 e. The largest absolute Gasteiger partial charge is 0.357 e. The Bertz CT molecular complexity index is 1810. The van der Waals surface area contributed by atoms with E-state index in [4.69, 9.17) is 0 Å². The Labute approximate surface area is 305 Å². The predicted molar refractivity (Wildman–Crippen MR) is 233 cm³/mol. The normalized spacial score (nSPS) is 12.0. The van der Waals surface area contributed by atoms with Crippen molar-refractivity contribution in [2.45, 2.75) is 53.1 Å². The highest BCUT2D eigenvalue weighted by Gasteiger charge is 2.31. The van der Waals surface area contributed by atoms with Gasteiger partial charge in [-0.3, -0.25) is 0 Å². The number of rotatable bonds is 11.